The molecule has 4 heteroatoms. The third-order valence-corrected chi connectivity index (χ3v) is 4.86. The molecule has 0 aliphatic heterocycles. The highest BCUT2D eigenvalue weighted by atomic mass is 15.2. The molecule has 114 valence electrons. The molecule has 0 aromatic heterocycles. The SMILES string of the molecule is CN=C(NCCN(CC1CC1)C1CC1)NC1CCCC1. The van der Waals surface area contributed by atoms with Gasteiger partial charge in [0.25, 0.3) is 0 Å². The Morgan fingerprint density at radius 2 is 1.85 bits per heavy atom. The van der Waals surface area contributed by atoms with Gasteiger partial charge in [-0.15, -0.1) is 0 Å². The standard InChI is InChI=1S/C16H30N4/c1-17-16(19-14-4-2-3-5-14)18-10-11-20(15-8-9-15)12-13-6-7-13/h13-15H,2-12H2,1H3,(H2,17,18,19). The Labute approximate surface area is 123 Å². The zero-order chi connectivity index (χ0) is 13.8. The third-order valence-electron chi connectivity index (χ3n) is 4.86. The van der Waals surface area contributed by atoms with Crippen LogP contribution >= 0.6 is 0 Å². The molecule has 0 unspecified atom stereocenters. The van der Waals surface area contributed by atoms with Crippen molar-refractivity contribution in [1.29, 1.82) is 0 Å². The molecule has 0 radical (unpaired) electrons. The van der Waals surface area contributed by atoms with E-state index in [1.54, 1.807) is 0 Å². The summed E-state index contributed by atoms with van der Waals surface area (Å²) in [6.45, 7) is 3.53. The van der Waals surface area contributed by atoms with Crippen molar-refractivity contribution >= 4 is 5.96 Å². The predicted octanol–water partition coefficient (Wildman–Crippen LogP) is 1.97. The third kappa shape index (κ3) is 4.37. The van der Waals surface area contributed by atoms with Gasteiger partial charge in [0.15, 0.2) is 5.96 Å². The van der Waals surface area contributed by atoms with E-state index in [4.69, 9.17) is 0 Å². The second-order valence-corrected chi connectivity index (χ2v) is 6.79. The topological polar surface area (TPSA) is 39.7 Å². The summed E-state index contributed by atoms with van der Waals surface area (Å²) in [7, 11) is 1.88. The first-order chi connectivity index (χ1) is 9.85. The summed E-state index contributed by atoms with van der Waals surface area (Å²) in [6.07, 6.45) is 11.1. The Hall–Kier alpha value is -0.770. The van der Waals surface area contributed by atoms with Crippen LogP contribution in [0.1, 0.15) is 51.4 Å². The second-order valence-electron chi connectivity index (χ2n) is 6.79. The average Bonchev–Trinajstić information content (AvgIpc) is 3.37. The van der Waals surface area contributed by atoms with Crippen molar-refractivity contribution in [2.24, 2.45) is 10.9 Å². The van der Waals surface area contributed by atoms with Crippen LogP contribution in [0.4, 0.5) is 0 Å². The quantitative estimate of drug-likeness (QED) is 0.552. The number of nitrogens with zero attached hydrogens (tertiary/aromatic N) is 2. The van der Waals surface area contributed by atoms with Crippen molar-refractivity contribution in [3.63, 3.8) is 0 Å². The lowest BCUT2D eigenvalue weighted by molar-refractivity contribution is 0.256. The van der Waals surface area contributed by atoms with E-state index in [9.17, 15) is 0 Å². The highest BCUT2D eigenvalue weighted by Gasteiger charge is 2.33. The van der Waals surface area contributed by atoms with E-state index < -0.39 is 0 Å². The van der Waals surface area contributed by atoms with Crippen LogP contribution in [0.25, 0.3) is 0 Å². The highest BCUT2D eigenvalue weighted by Crippen LogP contribution is 2.34. The van der Waals surface area contributed by atoms with Gasteiger partial charge in [-0.25, -0.2) is 0 Å². The summed E-state index contributed by atoms with van der Waals surface area (Å²) in [5, 5.41) is 7.06. The number of guanidine groups is 1. The van der Waals surface area contributed by atoms with Crippen LogP contribution in [0.15, 0.2) is 4.99 Å². The molecular weight excluding hydrogens is 248 g/mol. The number of rotatable bonds is 7. The summed E-state index contributed by atoms with van der Waals surface area (Å²) in [4.78, 5) is 7.06. The van der Waals surface area contributed by atoms with Gasteiger partial charge in [-0.1, -0.05) is 12.8 Å². The lowest BCUT2D eigenvalue weighted by Gasteiger charge is -2.23. The normalized spacial score (nSPS) is 24.4. The lowest BCUT2D eigenvalue weighted by atomic mass is 10.2. The fourth-order valence-corrected chi connectivity index (χ4v) is 3.27. The first-order valence-electron chi connectivity index (χ1n) is 8.56. The number of hydrogen-bond acceptors (Lipinski definition) is 2. The molecule has 3 fully saturated rings. The molecule has 0 amide bonds. The molecule has 0 atom stereocenters. The van der Waals surface area contributed by atoms with Crippen LogP contribution in [-0.2, 0) is 0 Å². The van der Waals surface area contributed by atoms with Gasteiger partial charge in [0.05, 0.1) is 0 Å². The second kappa shape index (κ2) is 6.79. The lowest BCUT2D eigenvalue weighted by Crippen LogP contribution is -2.45. The summed E-state index contributed by atoms with van der Waals surface area (Å²) in [5.74, 6) is 2.01. The Balaban J connectivity index is 1.35. The van der Waals surface area contributed by atoms with Crippen LogP contribution in [-0.4, -0.2) is 49.6 Å². The minimum atomic E-state index is 0.646. The van der Waals surface area contributed by atoms with E-state index in [0.717, 1.165) is 24.5 Å². The van der Waals surface area contributed by atoms with Crippen molar-refractivity contribution in [2.45, 2.75) is 63.5 Å². The molecule has 0 saturated heterocycles. The maximum absolute atomic E-state index is 4.36. The molecule has 0 heterocycles. The maximum atomic E-state index is 4.36. The zero-order valence-electron chi connectivity index (χ0n) is 12.9. The predicted molar refractivity (Wildman–Crippen MR) is 84.1 cm³/mol. The van der Waals surface area contributed by atoms with Gasteiger partial charge in [0.1, 0.15) is 0 Å². The fraction of sp³-hybridized carbons (Fsp3) is 0.938. The summed E-state index contributed by atoms with van der Waals surface area (Å²) in [6, 6.07) is 1.54. The molecule has 0 aromatic rings. The first-order valence-corrected chi connectivity index (χ1v) is 8.56. The monoisotopic (exact) mass is 278 g/mol. The average molecular weight is 278 g/mol. The van der Waals surface area contributed by atoms with E-state index in [-0.39, 0.29) is 0 Å². The Kier molecular flexibility index (Phi) is 4.81. The molecule has 0 aromatic carbocycles. The minimum absolute atomic E-state index is 0.646. The van der Waals surface area contributed by atoms with Gasteiger partial charge < -0.3 is 10.6 Å². The van der Waals surface area contributed by atoms with Gasteiger partial charge in [0.2, 0.25) is 0 Å². The smallest absolute Gasteiger partial charge is 0.191 e. The van der Waals surface area contributed by atoms with Crippen molar-refractivity contribution in [3.8, 4) is 0 Å². The molecule has 0 spiro atoms. The number of nitrogens with one attached hydrogen (secondary N) is 2. The van der Waals surface area contributed by atoms with Gasteiger partial charge in [-0.05, 0) is 44.4 Å². The Morgan fingerprint density at radius 3 is 2.45 bits per heavy atom. The van der Waals surface area contributed by atoms with Crippen LogP contribution < -0.4 is 10.6 Å². The molecule has 3 saturated carbocycles. The Bertz CT molecular complexity index is 327. The summed E-state index contributed by atoms with van der Waals surface area (Å²) in [5.41, 5.74) is 0. The largest absolute Gasteiger partial charge is 0.355 e. The molecule has 2 N–H and O–H groups in total. The fourth-order valence-electron chi connectivity index (χ4n) is 3.27. The summed E-state index contributed by atoms with van der Waals surface area (Å²) >= 11 is 0. The van der Waals surface area contributed by atoms with Crippen LogP contribution in [0.2, 0.25) is 0 Å². The van der Waals surface area contributed by atoms with E-state index in [0.29, 0.717) is 6.04 Å². The van der Waals surface area contributed by atoms with Gasteiger partial charge in [0, 0.05) is 38.8 Å². The molecule has 3 aliphatic carbocycles. The molecule has 3 rings (SSSR count). The van der Waals surface area contributed by atoms with E-state index in [1.807, 2.05) is 7.05 Å². The summed E-state index contributed by atoms with van der Waals surface area (Å²) < 4.78 is 0. The molecule has 3 aliphatic rings. The Morgan fingerprint density at radius 1 is 1.10 bits per heavy atom. The molecule has 4 nitrogen and oxygen atoms in total. The van der Waals surface area contributed by atoms with Gasteiger partial charge >= 0.3 is 0 Å². The molecule has 0 bridgehead atoms. The maximum Gasteiger partial charge on any atom is 0.191 e. The molecular formula is C16H30N4. The van der Waals surface area contributed by atoms with E-state index in [2.05, 4.69) is 20.5 Å². The van der Waals surface area contributed by atoms with E-state index >= 15 is 0 Å². The van der Waals surface area contributed by atoms with Gasteiger partial charge in [-0.3, -0.25) is 9.89 Å². The van der Waals surface area contributed by atoms with Crippen molar-refractivity contribution < 1.29 is 0 Å². The van der Waals surface area contributed by atoms with Crippen molar-refractivity contribution in [2.75, 3.05) is 26.7 Å². The highest BCUT2D eigenvalue weighted by molar-refractivity contribution is 5.79. The van der Waals surface area contributed by atoms with Crippen LogP contribution in [0, 0.1) is 5.92 Å². The minimum Gasteiger partial charge on any atom is -0.355 e. The van der Waals surface area contributed by atoms with E-state index in [1.165, 1.54) is 64.5 Å². The van der Waals surface area contributed by atoms with Gasteiger partial charge in [-0.2, -0.15) is 0 Å². The first kappa shape index (κ1) is 14.2. The van der Waals surface area contributed by atoms with Crippen molar-refractivity contribution in [1.82, 2.24) is 15.5 Å². The number of aliphatic imine (C=N–C) groups is 1. The molecule has 20 heavy (non-hydrogen) atoms. The number of hydrogen-bond donors (Lipinski definition) is 2. The van der Waals surface area contributed by atoms with Crippen LogP contribution in [0.5, 0.6) is 0 Å². The van der Waals surface area contributed by atoms with Crippen LogP contribution in [0.3, 0.4) is 0 Å². The zero-order valence-corrected chi connectivity index (χ0v) is 12.9. The van der Waals surface area contributed by atoms with Crippen molar-refractivity contribution in [3.05, 3.63) is 0 Å².